The summed E-state index contributed by atoms with van der Waals surface area (Å²) in [5.41, 5.74) is 4.29. The lowest BCUT2D eigenvalue weighted by Gasteiger charge is -2.26. The minimum Gasteiger partial charge on any atom is -0.309 e. The first-order valence-electron chi connectivity index (χ1n) is 8.05. The number of H-pyrrole nitrogens is 1. The molecule has 0 radical (unpaired) electrons. The van der Waals surface area contributed by atoms with E-state index in [1.807, 2.05) is 7.05 Å². The molecule has 2 heterocycles. The summed E-state index contributed by atoms with van der Waals surface area (Å²) in [4.78, 5) is 21.8. The molecule has 6 heteroatoms. The third kappa shape index (κ3) is 2.97. The molecule has 0 saturated heterocycles. The number of rotatable bonds is 4. The van der Waals surface area contributed by atoms with Gasteiger partial charge in [0, 0.05) is 13.1 Å². The molecule has 0 bridgehead atoms. The minimum atomic E-state index is -0.143. The van der Waals surface area contributed by atoms with Crippen LogP contribution in [-0.4, -0.2) is 31.7 Å². The quantitative estimate of drug-likeness (QED) is 0.800. The molecule has 0 aliphatic rings. The molecule has 1 atom stereocenters. The van der Waals surface area contributed by atoms with Crippen molar-refractivity contribution in [3.63, 3.8) is 0 Å². The normalized spacial score (nSPS) is 12.9. The van der Waals surface area contributed by atoms with Gasteiger partial charge in [-0.15, -0.1) is 0 Å². The Morgan fingerprint density at radius 3 is 2.79 bits per heavy atom. The van der Waals surface area contributed by atoms with E-state index in [1.54, 1.807) is 17.9 Å². The topological polar surface area (TPSA) is 66.8 Å². The summed E-state index contributed by atoms with van der Waals surface area (Å²) in [5.74, 6) is 0.648. The van der Waals surface area contributed by atoms with Gasteiger partial charge in [-0.1, -0.05) is 23.8 Å². The fraction of sp³-hybridized carbons (Fsp3) is 0.389. The zero-order chi connectivity index (χ0) is 17.4. The predicted octanol–water partition coefficient (Wildman–Crippen LogP) is 2.47. The summed E-state index contributed by atoms with van der Waals surface area (Å²) < 4.78 is 1.63. The van der Waals surface area contributed by atoms with Crippen LogP contribution in [0.2, 0.25) is 0 Å². The van der Waals surface area contributed by atoms with Gasteiger partial charge in [-0.25, -0.2) is 4.98 Å². The molecule has 0 saturated carbocycles. The van der Waals surface area contributed by atoms with Crippen LogP contribution in [0.15, 0.2) is 29.2 Å². The molecule has 1 N–H and O–H groups in total. The van der Waals surface area contributed by atoms with Gasteiger partial charge in [-0.2, -0.15) is 5.10 Å². The van der Waals surface area contributed by atoms with Crippen LogP contribution < -0.4 is 5.56 Å². The van der Waals surface area contributed by atoms with Gasteiger partial charge in [0.1, 0.15) is 11.2 Å². The number of aromatic amines is 1. The van der Waals surface area contributed by atoms with Gasteiger partial charge < -0.3 is 4.98 Å². The van der Waals surface area contributed by atoms with Crippen molar-refractivity contribution in [3.8, 4) is 0 Å². The molecule has 126 valence electrons. The van der Waals surface area contributed by atoms with Crippen molar-refractivity contribution < 1.29 is 0 Å². The first-order valence-corrected chi connectivity index (χ1v) is 8.05. The predicted molar refractivity (Wildman–Crippen MR) is 94.9 cm³/mol. The molecule has 0 spiro atoms. The number of hydrogen-bond donors (Lipinski definition) is 1. The van der Waals surface area contributed by atoms with E-state index in [-0.39, 0.29) is 11.6 Å². The van der Waals surface area contributed by atoms with Crippen LogP contribution in [-0.2, 0) is 13.6 Å². The highest BCUT2D eigenvalue weighted by molar-refractivity contribution is 5.72. The van der Waals surface area contributed by atoms with Crippen LogP contribution in [0, 0.1) is 13.8 Å². The van der Waals surface area contributed by atoms with E-state index in [2.05, 4.69) is 58.9 Å². The van der Waals surface area contributed by atoms with E-state index in [0.717, 1.165) is 0 Å². The molecule has 2 aromatic heterocycles. The molecule has 0 aliphatic carbocycles. The largest absolute Gasteiger partial charge is 0.309 e. The smallest absolute Gasteiger partial charge is 0.262 e. The Bertz CT molecular complexity index is 940. The van der Waals surface area contributed by atoms with Gasteiger partial charge in [0.2, 0.25) is 0 Å². The first-order chi connectivity index (χ1) is 11.4. The number of nitrogens with one attached hydrogen (secondary N) is 1. The molecule has 24 heavy (non-hydrogen) atoms. The van der Waals surface area contributed by atoms with Gasteiger partial charge in [0.25, 0.3) is 5.56 Å². The highest BCUT2D eigenvalue weighted by Gasteiger charge is 2.16. The van der Waals surface area contributed by atoms with E-state index >= 15 is 0 Å². The lowest BCUT2D eigenvalue weighted by Crippen LogP contribution is -2.25. The van der Waals surface area contributed by atoms with E-state index in [1.165, 1.54) is 16.7 Å². The zero-order valence-electron chi connectivity index (χ0n) is 14.8. The molecule has 3 rings (SSSR count). The number of hydrogen-bond acceptors (Lipinski definition) is 4. The third-order valence-electron chi connectivity index (χ3n) is 4.59. The number of aryl methyl sites for hydroxylation is 3. The Hall–Kier alpha value is -2.47. The third-order valence-corrected chi connectivity index (χ3v) is 4.59. The molecule has 3 aromatic rings. The summed E-state index contributed by atoms with van der Waals surface area (Å²) in [7, 11) is 3.83. The Kier molecular flexibility index (Phi) is 4.24. The van der Waals surface area contributed by atoms with Crippen LogP contribution in [0.5, 0.6) is 0 Å². The summed E-state index contributed by atoms with van der Waals surface area (Å²) in [5, 5.41) is 4.62. The number of aromatic nitrogens is 4. The van der Waals surface area contributed by atoms with Gasteiger partial charge >= 0.3 is 0 Å². The summed E-state index contributed by atoms with van der Waals surface area (Å²) in [6.07, 6.45) is 1.55. The Labute approximate surface area is 141 Å². The Morgan fingerprint density at radius 2 is 2.08 bits per heavy atom. The number of nitrogens with zero attached hydrogens (tertiary/aromatic N) is 4. The van der Waals surface area contributed by atoms with Crippen molar-refractivity contribution in [3.05, 3.63) is 57.3 Å². The van der Waals surface area contributed by atoms with Crippen LogP contribution >= 0.6 is 0 Å². The lowest BCUT2D eigenvalue weighted by atomic mass is 9.99. The Balaban J connectivity index is 1.87. The molecular formula is C18H23N5O. The van der Waals surface area contributed by atoms with E-state index in [0.29, 0.717) is 23.4 Å². The fourth-order valence-electron chi connectivity index (χ4n) is 3.06. The maximum atomic E-state index is 12.2. The van der Waals surface area contributed by atoms with Crippen molar-refractivity contribution in [2.45, 2.75) is 33.4 Å². The second-order valence-electron chi connectivity index (χ2n) is 6.47. The van der Waals surface area contributed by atoms with Crippen LogP contribution in [0.25, 0.3) is 11.0 Å². The molecule has 6 nitrogen and oxygen atoms in total. The molecule has 0 aliphatic heterocycles. The molecular weight excluding hydrogens is 302 g/mol. The van der Waals surface area contributed by atoms with Gasteiger partial charge in [-0.05, 0) is 38.9 Å². The highest BCUT2D eigenvalue weighted by Crippen LogP contribution is 2.24. The van der Waals surface area contributed by atoms with Crippen molar-refractivity contribution in [2.24, 2.45) is 7.05 Å². The minimum absolute atomic E-state index is 0.143. The standard InChI is InChI=1S/C18H23N5O/c1-11-6-7-14(12(2)8-11)13(3)22(4)10-16-20-17-15(18(24)21-16)9-19-23(17)5/h6-9,13H,10H2,1-5H3,(H,20,21,24). The summed E-state index contributed by atoms with van der Waals surface area (Å²) in [6.45, 7) is 6.96. The highest BCUT2D eigenvalue weighted by atomic mass is 16.1. The summed E-state index contributed by atoms with van der Waals surface area (Å²) in [6, 6.07) is 6.72. The van der Waals surface area contributed by atoms with Gasteiger partial charge in [0.05, 0.1) is 12.7 Å². The van der Waals surface area contributed by atoms with Gasteiger partial charge in [-0.3, -0.25) is 14.4 Å². The first kappa shape index (κ1) is 16.4. The number of fused-ring (bicyclic) bond motifs is 1. The van der Waals surface area contributed by atoms with Crippen molar-refractivity contribution in [1.82, 2.24) is 24.6 Å². The van der Waals surface area contributed by atoms with Crippen LogP contribution in [0.4, 0.5) is 0 Å². The Morgan fingerprint density at radius 1 is 1.33 bits per heavy atom. The monoisotopic (exact) mass is 325 g/mol. The fourth-order valence-corrected chi connectivity index (χ4v) is 3.06. The molecule has 1 aromatic carbocycles. The second kappa shape index (κ2) is 6.20. The summed E-state index contributed by atoms with van der Waals surface area (Å²) >= 11 is 0. The van der Waals surface area contributed by atoms with E-state index in [9.17, 15) is 4.79 Å². The molecule has 0 fully saturated rings. The molecule has 0 amide bonds. The molecule has 1 unspecified atom stereocenters. The second-order valence-corrected chi connectivity index (χ2v) is 6.47. The van der Waals surface area contributed by atoms with E-state index in [4.69, 9.17) is 0 Å². The average molecular weight is 325 g/mol. The van der Waals surface area contributed by atoms with Crippen molar-refractivity contribution >= 4 is 11.0 Å². The van der Waals surface area contributed by atoms with E-state index < -0.39 is 0 Å². The van der Waals surface area contributed by atoms with Crippen LogP contribution in [0.1, 0.15) is 35.5 Å². The van der Waals surface area contributed by atoms with Crippen LogP contribution in [0.3, 0.4) is 0 Å². The average Bonchev–Trinajstić information content (AvgIpc) is 2.88. The van der Waals surface area contributed by atoms with Crippen molar-refractivity contribution in [1.29, 1.82) is 0 Å². The van der Waals surface area contributed by atoms with Gasteiger partial charge in [0.15, 0.2) is 5.65 Å². The zero-order valence-corrected chi connectivity index (χ0v) is 14.8. The van der Waals surface area contributed by atoms with Crippen molar-refractivity contribution in [2.75, 3.05) is 7.05 Å². The maximum absolute atomic E-state index is 12.2. The number of benzene rings is 1. The lowest BCUT2D eigenvalue weighted by molar-refractivity contribution is 0.246. The maximum Gasteiger partial charge on any atom is 0.262 e. The SMILES string of the molecule is Cc1ccc(C(C)N(C)Cc2nc3c(cnn3C)c(=O)[nH]2)c(C)c1.